The first-order valence-corrected chi connectivity index (χ1v) is 11.1. The Bertz CT molecular complexity index is 988. The third-order valence-electron chi connectivity index (χ3n) is 6.16. The standard InChI is InChI=1S/C25H29N3O4/c1-25(2)23(30)27-21(22(29)28-25)13-7-8-14-26-24(31)32-15-20-18-11-5-3-9-16(18)17-10-4-6-12-19(17)20/h3-6,9-12,20-21H,7-8,13-15H2,1-2H3,(H,26,31)(H,27,30)(H,28,29)/t21-/m1/s1. The van der Waals surface area contributed by atoms with Crippen molar-refractivity contribution in [3.05, 3.63) is 59.7 Å². The summed E-state index contributed by atoms with van der Waals surface area (Å²) in [7, 11) is 0. The van der Waals surface area contributed by atoms with Crippen molar-refractivity contribution in [1.29, 1.82) is 0 Å². The third kappa shape index (κ3) is 4.47. The molecule has 3 N–H and O–H groups in total. The van der Waals surface area contributed by atoms with Gasteiger partial charge in [-0.3, -0.25) is 9.59 Å². The molecule has 0 radical (unpaired) electrons. The van der Waals surface area contributed by atoms with Crippen LogP contribution in [0, 0.1) is 0 Å². The summed E-state index contributed by atoms with van der Waals surface area (Å²) in [5.41, 5.74) is 3.87. The Kier molecular flexibility index (Phi) is 6.17. The van der Waals surface area contributed by atoms with Gasteiger partial charge in [-0.15, -0.1) is 0 Å². The number of alkyl carbamates (subject to hydrolysis) is 1. The van der Waals surface area contributed by atoms with Crippen molar-refractivity contribution < 1.29 is 19.1 Å². The fraction of sp³-hybridized carbons (Fsp3) is 0.400. The molecular formula is C25H29N3O4. The van der Waals surface area contributed by atoms with E-state index in [0.717, 1.165) is 0 Å². The number of fused-ring (bicyclic) bond motifs is 3. The van der Waals surface area contributed by atoms with Gasteiger partial charge >= 0.3 is 6.09 Å². The zero-order chi connectivity index (χ0) is 22.7. The van der Waals surface area contributed by atoms with Crippen LogP contribution in [0.2, 0.25) is 0 Å². The summed E-state index contributed by atoms with van der Waals surface area (Å²) >= 11 is 0. The summed E-state index contributed by atoms with van der Waals surface area (Å²) in [6.07, 6.45) is 1.47. The molecule has 1 atom stereocenters. The highest BCUT2D eigenvalue weighted by Crippen LogP contribution is 2.44. The Morgan fingerprint density at radius 1 is 1.00 bits per heavy atom. The van der Waals surface area contributed by atoms with Gasteiger partial charge in [-0.05, 0) is 55.4 Å². The summed E-state index contributed by atoms with van der Waals surface area (Å²) in [5.74, 6) is -0.316. The molecule has 1 aliphatic heterocycles. The minimum atomic E-state index is -0.876. The number of ether oxygens (including phenoxy) is 1. The number of amides is 3. The molecule has 7 heteroatoms. The molecule has 1 aliphatic carbocycles. The van der Waals surface area contributed by atoms with E-state index in [1.807, 2.05) is 24.3 Å². The van der Waals surface area contributed by atoms with Gasteiger partial charge in [0.2, 0.25) is 11.8 Å². The number of unbranched alkanes of at least 4 members (excludes halogenated alkanes) is 1. The normalized spacial score (nSPS) is 18.9. The molecule has 0 saturated carbocycles. The lowest BCUT2D eigenvalue weighted by Gasteiger charge is -2.34. The fourth-order valence-corrected chi connectivity index (χ4v) is 4.37. The quantitative estimate of drug-likeness (QED) is 0.583. The van der Waals surface area contributed by atoms with E-state index in [1.165, 1.54) is 22.3 Å². The number of rotatable bonds is 7. The maximum absolute atomic E-state index is 12.2. The molecule has 0 unspecified atom stereocenters. The minimum absolute atomic E-state index is 0.0332. The van der Waals surface area contributed by atoms with Crippen molar-refractivity contribution in [2.45, 2.75) is 50.6 Å². The molecular weight excluding hydrogens is 406 g/mol. The van der Waals surface area contributed by atoms with Crippen molar-refractivity contribution in [3.8, 4) is 11.1 Å². The largest absolute Gasteiger partial charge is 0.449 e. The van der Waals surface area contributed by atoms with E-state index in [9.17, 15) is 14.4 Å². The molecule has 3 amide bonds. The average molecular weight is 436 g/mol. The lowest BCUT2D eigenvalue weighted by molar-refractivity contribution is -0.140. The molecule has 2 aliphatic rings. The van der Waals surface area contributed by atoms with Crippen LogP contribution in [-0.2, 0) is 14.3 Å². The van der Waals surface area contributed by atoms with Crippen molar-refractivity contribution in [2.24, 2.45) is 0 Å². The van der Waals surface area contributed by atoms with Gasteiger partial charge in [0.05, 0.1) is 0 Å². The van der Waals surface area contributed by atoms with E-state index in [4.69, 9.17) is 4.74 Å². The first-order chi connectivity index (χ1) is 15.4. The molecule has 0 aromatic heterocycles. The number of piperazine rings is 1. The van der Waals surface area contributed by atoms with E-state index in [1.54, 1.807) is 13.8 Å². The van der Waals surface area contributed by atoms with Gasteiger partial charge in [-0.2, -0.15) is 0 Å². The summed E-state index contributed by atoms with van der Waals surface area (Å²) in [6.45, 7) is 4.08. The SMILES string of the molecule is CC1(C)NC(=O)[C@@H](CCCCNC(=O)OCC2c3ccccc3-c3ccccc32)NC1=O. The summed E-state index contributed by atoms with van der Waals surface area (Å²) < 4.78 is 5.52. The van der Waals surface area contributed by atoms with Gasteiger partial charge in [0, 0.05) is 12.5 Å². The van der Waals surface area contributed by atoms with Crippen LogP contribution in [0.15, 0.2) is 48.5 Å². The predicted octanol–water partition coefficient (Wildman–Crippen LogP) is 3.09. The molecule has 1 saturated heterocycles. The minimum Gasteiger partial charge on any atom is -0.449 e. The number of carbonyl (C=O) groups excluding carboxylic acids is 3. The van der Waals surface area contributed by atoms with Gasteiger partial charge in [0.15, 0.2) is 0 Å². The monoisotopic (exact) mass is 435 g/mol. The summed E-state index contributed by atoms with van der Waals surface area (Å²) in [4.78, 5) is 36.3. The number of nitrogens with one attached hydrogen (secondary N) is 3. The number of benzene rings is 2. The smallest absolute Gasteiger partial charge is 0.407 e. The number of carbonyl (C=O) groups is 3. The van der Waals surface area contributed by atoms with Crippen LogP contribution >= 0.6 is 0 Å². The topological polar surface area (TPSA) is 96.5 Å². The van der Waals surface area contributed by atoms with Gasteiger partial charge in [0.1, 0.15) is 18.2 Å². The van der Waals surface area contributed by atoms with Gasteiger partial charge < -0.3 is 20.7 Å². The maximum atomic E-state index is 12.2. The molecule has 32 heavy (non-hydrogen) atoms. The first kappa shape index (κ1) is 21.9. The van der Waals surface area contributed by atoms with E-state index < -0.39 is 17.7 Å². The highest BCUT2D eigenvalue weighted by atomic mass is 16.5. The van der Waals surface area contributed by atoms with E-state index >= 15 is 0 Å². The Hall–Kier alpha value is -3.35. The Morgan fingerprint density at radius 2 is 1.62 bits per heavy atom. The Labute approximate surface area is 187 Å². The van der Waals surface area contributed by atoms with Crippen LogP contribution in [0.4, 0.5) is 4.79 Å². The molecule has 0 bridgehead atoms. The van der Waals surface area contributed by atoms with Crippen molar-refractivity contribution in [3.63, 3.8) is 0 Å². The maximum Gasteiger partial charge on any atom is 0.407 e. The zero-order valence-electron chi connectivity index (χ0n) is 18.4. The fourth-order valence-electron chi connectivity index (χ4n) is 4.37. The van der Waals surface area contributed by atoms with Gasteiger partial charge in [0.25, 0.3) is 0 Å². The highest BCUT2D eigenvalue weighted by molar-refractivity contribution is 5.99. The van der Waals surface area contributed by atoms with Crippen molar-refractivity contribution >= 4 is 17.9 Å². The molecule has 168 valence electrons. The molecule has 4 rings (SSSR count). The van der Waals surface area contributed by atoms with Crippen LogP contribution in [-0.4, -0.2) is 42.6 Å². The lowest BCUT2D eigenvalue weighted by Crippen LogP contribution is -2.66. The van der Waals surface area contributed by atoms with E-state index in [-0.39, 0.29) is 24.3 Å². The zero-order valence-corrected chi connectivity index (χ0v) is 18.4. The Balaban J connectivity index is 1.20. The molecule has 2 aromatic rings. The summed E-state index contributed by atoms with van der Waals surface area (Å²) in [6, 6.07) is 15.9. The first-order valence-electron chi connectivity index (χ1n) is 11.1. The van der Waals surface area contributed by atoms with Gasteiger partial charge in [-0.1, -0.05) is 48.5 Å². The Morgan fingerprint density at radius 3 is 2.28 bits per heavy atom. The molecule has 2 aromatic carbocycles. The molecule has 0 spiro atoms. The van der Waals surface area contributed by atoms with Gasteiger partial charge in [-0.25, -0.2) is 4.79 Å². The second-order valence-electron chi connectivity index (χ2n) is 8.89. The number of hydrogen-bond donors (Lipinski definition) is 3. The van der Waals surface area contributed by atoms with Crippen LogP contribution in [0.25, 0.3) is 11.1 Å². The summed E-state index contributed by atoms with van der Waals surface area (Å²) in [5, 5.41) is 8.27. The lowest BCUT2D eigenvalue weighted by atomic mass is 9.97. The van der Waals surface area contributed by atoms with E-state index in [0.29, 0.717) is 25.8 Å². The van der Waals surface area contributed by atoms with E-state index in [2.05, 4.69) is 40.2 Å². The van der Waals surface area contributed by atoms with Crippen LogP contribution < -0.4 is 16.0 Å². The molecule has 1 fully saturated rings. The predicted molar refractivity (Wildman–Crippen MR) is 121 cm³/mol. The number of hydrogen-bond acceptors (Lipinski definition) is 4. The van der Waals surface area contributed by atoms with Crippen molar-refractivity contribution in [1.82, 2.24) is 16.0 Å². The van der Waals surface area contributed by atoms with Crippen LogP contribution in [0.1, 0.15) is 50.2 Å². The molecule has 7 nitrogen and oxygen atoms in total. The highest BCUT2D eigenvalue weighted by Gasteiger charge is 2.38. The second kappa shape index (κ2) is 9.02. The van der Waals surface area contributed by atoms with Crippen molar-refractivity contribution in [2.75, 3.05) is 13.2 Å². The third-order valence-corrected chi connectivity index (χ3v) is 6.16. The average Bonchev–Trinajstić information content (AvgIpc) is 3.09. The molecule has 1 heterocycles. The second-order valence-corrected chi connectivity index (χ2v) is 8.89. The van der Waals surface area contributed by atoms with Crippen LogP contribution in [0.3, 0.4) is 0 Å². The van der Waals surface area contributed by atoms with Crippen LogP contribution in [0.5, 0.6) is 0 Å².